The van der Waals surface area contributed by atoms with Gasteiger partial charge in [-0.3, -0.25) is 9.78 Å². The van der Waals surface area contributed by atoms with Gasteiger partial charge in [-0.25, -0.2) is 9.59 Å². The number of aliphatic carboxylic acids is 1. The Morgan fingerprint density at radius 1 is 1.16 bits per heavy atom. The number of carbonyl (C=O) groups excluding carboxylic acids is 2. The van der Waals surface area contributed by atoms with E-state index in [9.17, 15) is 19.5 Å². The minimum absolute atomic E-state index is 0.000930. The quantitative estimate of drug-likeness (QED) is 0.450. The van der Waals surface area contributed by atoms with Crippen LogP contribution in [-0.2, 0) is 16.1 Å². The van der Waals surface area contributed by atoms with Gasteiger partial charge < -0.3 is 25.2 Å². The molecule has 1 aromatic carbocycles. The molecule has 2 amide bonds. The van der Waals surface area contributed by atoms with E-state index in [0.717, 1.165) is 10.3 Å². The van der Waals surface area contributed by atoms with Crippen LogP contribution in [-0.4, -0.2) is 46.8 Å². The Morgan fingerprint density at radius 3 is 2.59 bits per heavy atom. The second-order valence-electron chi connectivity index (χ2n) is 7.11. The fraction of sp³-hybridized carbons (Fsp3) is 0.273. The minimum atomic E-state index is -1.35. The zero-order chi connectivity index (χ0) is 23.1. The molecule has 0 spiro atoms. The molecular formula is C22H23N3O6S. The van der Waals surface area contributed by atoms with Gasteiger partial charge in [0.25, 0.3) is 5.91 Å². The summed E-state index contributed by atoms with van der Waals surface area (Å²) in [6, 6.07) is 11.0. The lowest BCUT2D eigenvalue weighted by atomic mass is 10.2. The Morgan fingerprint density at radius 2 is 1.91 bits per heavy atom. The number of nitrogens with zero attached hydrogens (tertiary/aromatic N) is 1. The molecule has 3 N–H and O–H groups in total. The molecular weight excluding hydrogens is 434 g/mol. The fourth-order valence-electron chi connectivity index (χ4n) is 2.76. The van der Waals surface area contributed by atoms with Crippen molar-refractivity contribution >= 4 is 39.5 Å². The number of carboxylic acid groups (broad SMARTS) is 1. The van der Waals surface area contributed by atoms with Gasteiger partial charge in [0.2, 0.25) is 0 Å². The van der Waals surface area contributed by atoms with Gasteiger partial charge in [-0.15, -0.1) is 11.3 Å². The van der Waals surface area contributed by atoms with E-state index in [1.165, 1.54) is 11.3 Å². The van der Waals surface area contributed by atoms with Gasteiger partial charge in [-0.1, -0.05) is 30.3 Å². The molecule has 1 atom stereocenters. The molecule has 0 bridgehead atoms. The Hall–Kier alpha value is -3.66. The normalized spacial score (nSPS) is 11.7. The van der Waals surface area contributed by atoms with E-state index in [-0.39, 0.29) is 19.3 Å². The van der Waals surface area contributed by atoms with E-state index in [4.69, 9.17) is 9.47 Å². The van der Waals surface area contributed by atoms with Crippen molar-refractivity contribution in [3.63, 3.8) is 0 Å². The largest absolute Gasteiger partial charge is 0.489 e. The van der Waals surface area contributed by atoms with Crippen LogP contribution < -0.4 is 15.4 Å². The number of amides is 2. The topological polar surface area (TPSA) is 127 Å². The van der Waals surface area contributed by atoms with Gasteiger partial charge in [0, 0.05) is 12.7 Å². The summed E-state index contributed by atoms with van der Waals surface area (Å²) in [5.41, 5.74) is 1.37. The van der Waals surface area contributed by atoms with Crippen molar-refractivity contribution < 1.29 is 29.0 Å². The van der Waals surface area contributed by atoms with Crippen LogP contribution in [0.2, 0.25) is 0 Å². The van der Waals surface area contributed by atoms with Crippen LogP contribution in [0, 0.1) is 0 Å². The highest BCUT2D eigenvalue weighted by atomic mass is 32.1. The zero-order valence-electron chi connectivity index (χ0n) is 17.5. The van der Waals surface area contributed by atoms with E-state index in [1.807, 2.05) is 19.9 Å². The van der Waals surface area contributed by atoms with Gasteiger partial charge in [0.05, 0.1) is 21.2 Å². The number of carboxylic acids is 1. The maximum atomic E-state index is 12.6. The van der Waals surface area contributed by atoms with E-state index in [1.54, 1.807) is 42.6 Å². The minimum Gasteiger partial charge on any atom is -0.489 e. The number of benzene rings is 1. The second kappa shape index (κ2) is 10.6. The maximum absolute atomic E-state index is 12.6. The first-order chi connectivity index (χ1) is 15.3. The summed E-state index contributed by atoms with van der Waals surface area (Å²) in [6.07, 6.45) is 0.668. The summed E-state index contributed by atoms with van der Waals surface area (Å²) in [5.74, 6) is -1.15. The van der Waals surface area contributed by atoms with E-state index in [0.29, 0.717) is 16.1 Å². The first kappa shape index (κ1) is 23.0. The Bertz CT molecular complexity index is 1100. The van der Waals surface area contributed by atoms with Crippen LogP contribution >= 0.6 is 11.3 Å². The van der Waals surface area contributed by atoms with Crippen molar-refractivity contribution in [3.05, 3.63) is 59.1 Å². The molecule has 32 heavy (non-hydrogen) atoms. The van der Waals surface area contributed by atoms with Gasteiger partial charge >= 0.3 is 12.1 Å². The first-order valence-corrected chi connectivity index (χ1v) is 10.7. The molecule has 3 aromatic rings. The predicted molar refractivity (Wildman–Crippen MR) is 119 cm³/mol. The summed E-state index contributed by atoms with van der Waals surface area (Å²) >= 11 is 1.19. The summed E-state index contributed by atoms with van der Waals surface area (Å²) < 4.78 is 11.5. The number of alkyl carbamates (subject to hydrolysis) is 1. The van der Waals surface area contributed by atoms with E-state index < -0.39 is 24.0 Å². The molecule has 1 unspecified atom stereocenters. The number of nitrogens with one attached hydrogen (secondary N) is 2. The average Bonchev–Trinajstić information content (AvgIpc) is 3.21. The molecule has 2 aromatic heterocycles. The third kappa shape index (κ3) is 6.17. The molecule has 3 rings (SSSR count). The lowest BCUT2D eigenvalue weighted by Crippen LogP contribution is -2.48. The van der Waals surface area contributed by atoms with Crippen molar-refractivity contribution in [2.75, 3.05) is 6.54 Å². The van der Waals surface area contributed by atoms with Crippen molar-refractivity contribution in [1.82, 2.24) is 15.6 Å². The molecule has 168 valence electrons. The molecule has 0 saturated heterocycles. The fourth-order valence-corrected chi connectivity index (χ4v) is 3.75. The van der Waals surface area contributed by atoms with Gasteiger partial charge in [-0.05, 0) is 31.5 Å². The third-order valence-corrected chi connectivity index (χ3v) is 5.37. The molecule has 0 aliphatic rings. The Labute approximate surface area is 188 Å². The van der Waals surface area contributed by atoms with E-state index >= 15 is 0 Å². The smallest absolute Gasteiger partial charge is 0.408 e. The Balaban J connectivity index is 1.58. The monoisotopic (exact) mass is 457 g/mol. The van der Waals surface area contributed by atoms with Crippen molar-refractivity contribution in [2.24, 2.45) is 0 Å². The number of thiophene rings is 1. The standard InChI is InChI=1S/C22H23N3O6S/c1-13(2)31-17-8-9-23-15-10-18(32-19(15)17)20(26)24-11-16(21(27)28)25-22(29)30-12-14-6-4-3-5-7-14/h3-10,13,16H,11-12H2,1-2H3,(H,24,26)(H,25,29)(H,27,28). The average molecular weight is 458 g/mol. The zero-order valence-corrected chi connectivity index (χ0v) is 18.3. The van der Waals surface area contributed by atoms with Crippen LogP contribution in [0.4, 0.5) is 4.79 Å². The van der Waals surface area contributed by atoms with Crippen LogP contribution in [0.3, 0.4) is 0 Å². The van der Waals surface area contributed by atoms with Crippen LogP contribution in [0.15, 0.2) is 48.7 Å². The van der Waals surface area contributed by atoms with Crippen LogP contribution in [0.5, 0.6) is 5.75 Å². The number of hydrogen-bond acceptors (Lipinski definition) is 7. The second-order valence-corrected chi connectivity index (χ2v) is 8.16. The van der Waals surface area contributed by atoms with Gasteiger partial charge in [0.1, 0.15) is 18.4 Å². The summed E-state index contributed by atoms with van der Waals surface area (Å²) in [5, 5.41) is 14.2. The van der Waals surface area contributed by atoms with E-state index in [2.05, 4.69) is 15.6 Å². The third-order valence-electron chi connectivity index (χ3n) is 4.23. The van der Waals surface area contributed by atoms with Crippen LogP contribution in [0.25, 0.3) is 10.2 Å². The number of fused-ring (bicyclic) bond motifs is 1. The number of ether oxygens (including phenoxy) is 2. The first-order valence-electron chi connectivity index (χ1n) is 9.87. The van der Waals surface area contributed by atoms with Gasteiger partial charge in [-0.2, -0.15) is 0 Å². The molecule has 9 nitrogen and oxygen atoms in total. The SMILES string of the molecule is CC(C)Oc1ccnc2cc(C(=O)NCC(NC(=O)OCc3ccccc3)C(=O)O)sc12. The van der Waals surface area contributed by atoms with Crippen LogP contribution in [0.1, 0.15) is 29.1 Å². The molecule has 0 aliphatic heterocycles. The Kier molecular flexibility index (Phi) is 7.61. The summed E-state index contributed by atoms with van der Waals surface area (Å²) in [4.78, 5) is 40.6. The highest BCUT2D eigenvalue weighted by Crippen LogP contribution is 2.32. The number of hydrogen-bond donors (Lipinski definition) is 3. The number of carbonyl (C=O) groups is 3. The lowest BCUT2D eigenvalue weighted by molar-refractivity contribution is -0.139. The molecule has 0 radical (unpaired) electrons. The van der Waals surface area contributed by atoms with Crippen molar-refractivity contribution in [3.8, 4) is 5.75 Å². The molecule has 10 heteroatoms. The number of aromatic nitrogens is 1. The highest BCUT2D eigenvalue weighted by Gasteiger charge is 2.23. The summed E-state index contributed by atoms with van der Waals surface area (Å²) in [7, 11) is 0. The summed E-state index contributed by atoms with van der Waals surface area (Å²) in [6.45, 7) is 3.49. The van der Waals surface area contributed by atoms with Gasteiger partial charge in [0.15, 0.2) is 0 Å². The number of rotatable bonds is 9. The number of pyridine rings is 1. The molecule has 2 heterocycles. The van der Waals surface area contributed by atoms with Crippen molar-refractivity contribution in [1.29, 1.82) is 0 Å². The molecule has 0 saturated carbocycles. The predicted octanol–water partition coefficient (Wildman–Crippen LogP) is 3.19. The maximum Gasteiger partial charge on any atom is 0.408 e. The highest BCUT2D eigenvalue weighted by molar-refractivity contribution is 7.21. The molecule has 0 aliphatic carbocycles. The van der Waals surface area contributed by atoms with Crippen molar-refractivity contribution in [2.45, 2.75) is 32.6 Å². The molecule has 0 fully saturated rings. The lowest BCUT2D eigenvalue weighted by Gasteiger charge is -2.15.